The third-order valence-corrected chi connectivity index (χ3v) is 5.00. The van der Waals surface area contributed by atoms with Gasteiger partial charge in [-0.15, -0.1) is 0 Å². The molecular formula is C20H18FN3O2S. The van der Waals surface area contributed by atoms with E-state index in [1.54, 1.807) is 0 Å². The van der Waals surface area contributed by atoms with Gasteiger partial charge in [0.15, 0.2) is 5.03 Å². The van der Waals surface area contributed by atoms with Crippen molar-refractivity contribution in [3.63, 3.8) is 0 Å². The molecule has 0 fully saturated rings. The van der Waals surface area contributed by atoms with Gasteiger partial charge in [0.1, 0.15) is 5.82 Å². The van der Waals surface area contributed by atoms with Gasteiger partial charge in [-0.1, -0.05) is 17.8 Å². The van der Waals surface area contributed by atoms with Gasteiger partial charge in [-0.05, 0) is 61.4 Å². The standard InChI is InChI=1S/C20H18FN3O2S/c1-13-3-6-16(11-14(13)2)23-18(25)12-27-19-20(26)24(10-9-22-19)17-7-4-15(21)5-8-17/h3-11H,12H2,1-2H3,(H,23,25). The van der Waals surface area contributed by atoms with Crippen LogP contribution in [0, 0.1) is 19.7 Å². The Hall–Kier alpha value is -2.93. The number of aromatic nitrogens is 2. The highest BCUT2D eigenvalue weighted by Crippen LogP contribution is 2.16. The maximum absolute atomic E-state index is 13.1. The molecule has 0 aliphatic rings. The zero-order chi connectivity index (χ0) is 19.4. The minimum absolute atomic E-state index is 0.0581. The molecule has 0 aliphatic heterocycles. The van der Waals surface area contributed by atoms with Gasteiger partial charge < -0.3 is 5.32 Å². The molecule has 5 nitrogen and oxygen atoms in total. The summed E-state index contributed by atoms with van der Waals surface area (Å²) in [5.41, 5.74) is 3.14. The fraction of sp³-hybridized carbons (Fsp3) is 0.150. The predicted octanol–water partition coefficient (Wildman–Crippen LogP) is 3.72. The van der Waals surface area contributed by atoms with Gasteiger partial charge >= 0.3 is 0 Å². The molecule has 1 aromatic heterocycles. The van der Waals surface area contributed by atoms with Crippen molar-refractivity contribution in [1.29, 1.82) is 0 Å². The molecule has 0 spiro atoms. The van der Waals surface area contributed by atoms with Crippen LogP contribution in [-0.2, 0) is 4.79 Å². The first-order valence-corrected chi connectivity index (χ1v) is 9.26. The molecule has 0 radical (unpaired) electrons. The van der Waals surface area contributed by atoms with Gasteiger partial charge in [0, 0.05) is 23.8 Å². The van der Waals surface area contributed by atoms with Crippen LogP contribution in [0.2, 0.25) is 0 Å². The number of halogens is 1. The summed E-state index contributed by atoms with van der Waals surface area (Å²) in [7, 11) is 0. The van der Waals surface area contributed by atoms with Crippen molar-refractivity contribution in [2.45, 2.75) is 18.9 Å². The average Bonchev–Trinajstić information content (AvgIpc) is 2.65. The Bertz CT molecular complexity index is 1030. The van der Waals surface area contributed by atoms with E-state index in [0.29, 0.717) is 11.4 Å². The molecule has 0 aliphatic carbocycles. The van der Waals surface area contributed by atoms with Crippen molar-refractivity contribution < 1.29 is 9.18 Å². The van der Waals surface area contributed by atoms with E-state index in [0.717, 1.165) is 22.9 Å². The largest absolute Gasteiger partial charge is 0.325 e. The first-order valence-electron chi connectivity index (χ1n) is 8.27. The van der Waals surface area contributed by atoms with Gasteiger partial charge in [0.05, 0.1) is 5.75 Å². The summed E-state index contributed by atoms with van der Waals surface area (Å²) >= 11 is 1.06. The van der Waals surface area contributed by atoms with E-state index in [9.17, 15) is 14.0 Å². The number of amides is 1. The van der Waals surface area contributed by atoms with Crippen molar-refractivity contribution in [3.05, 3.63) is 82.2 Å². The molecule has 0 atom stereocenters. The number of hydrogen-bond acceptors (Lipinski definition) is 4. The highest BCUT2D eigenvalue weighted by atomic mass is 32.2. The molecule has 3 rings (SSSR count). The van der Waals surface area contributed by atoms with Crippen molar-refractivity contribution in [2.24, 2.45) is 0 Å². The summed E-state index contributed by atoms with van der Waals surface area (Å²) < 4.78 is 14.4. The fourth-order valence-corrected chi connectivity index (χ4v) is 3.15. The van der Waals surface area contributed by atoms with Crippen LogP contribution >= 0.6 is 11.8 Å². The highest BCUT2D eigenvalue weighted by Gasteiger charge is 2.11. The maximum Gasteiger partial charge on any atom is 0.287 e. The second-order valence-electron chi connectivity index (χ2n) is 6.02. The molecule has 138 valence electrons. The molecule has 1 N–H and O–H groups in total. The molecule has 0 unspecified atom stereocenters. The van der Waals surface area contributed by atoms with E-state index >= 15 is 0 Å². The van der Waals surface area contributed by atoms with Crippen LogP contribution < -0.4 is 10.9 Å². The van der Waals surface area contributed by atoms with Crippen LogP contribution in [0.25, 0.3) is 5.69 Å². The van der Waals surface area contributed by atoms with Crippen molar-refractivity contribution >= 4 is 23.4 Å². The first kappa shape index (κ1) is 18.8. The number of nitrogens with one attached hydrogen (secondary N) is 1. The normalized spacial score (nSPS) is 10.6. The summed E-state index contributed by atoms with van der Waals surface area (Å²) in [6, 6.07) is 11.3. The first-order chi connectivity index (χ1) is 12.9. The van der Waals surface area contributed by atoms with E-state index in [-0.39, 0.29) is 28.1 Å². The number of carbonyl (C=O) groups is 1. The Labute approximate surface area is 160 Å². The van der Waals surface area contributed by atoms with Crippen LogP contribution in [-0.4, -0.2) is 21.2 Å². The SMILES string of the molecule is Cc1ccc(NC(=O)CSc2nccn(-c3ccc(F)cc3)c2=O)cc1C. The van der Waals surface area contributed by atoms with Gasteiger partial charge in [-0.3, -0.25) is 14.2 Å². The molecule has 1 amide bonds. The number of nitrogens with zero attached hydrogens (tertiary/aromatic N) is 2. The maximum atomic E-state index is 13.1. The Morgan fingerprint density at radius 3 is 2.59 bits per heavy atom. The Morgan fingerprint density at radius 2 is 1.89 bits per heavy atom. The van der Waals surface area contributed by atoms with Gasteiger partial charge in [0.25, 0.3) is 5.56 Å². The summed E-state index contributed by atoms with van der Waals surface area (Å²) in [5.74, 6) is -0.539. The van der Waals surface area contributed by atoms with E-state index < -0.39 is 0 Å². The van der Waals surface area contributed by atoms with Crippen molar-refractivity contribution in [3.8, 4) is 5.69 Å². The van der Waals surface area contributed by atoms with Gasteiger partial charge in [-0.2, -0.15) is 0 Å². The monoisotopic (exact) mass is 383 g/mol. The molecule has 0 saturated heterocycles. The van der Waals surface area contributed by atoms with Crippen LogP contribution in [0.3, 0.4) is 0 Å². The smallest absolute Gasteiger partial charge is 0.287 e. The number of carbonyl (C=O) groups excluding carboxylic acids is 1. The molecular weight excluding hydrogens is 365 g/mol. The summed E-state index contributed by atoms with van der Waals surface area (Å²) in [6.07, 6.45) is 2.99. The van der Waals surface area contributed by atoms with Gasteiger partial charge in [0.2, 0.25) is 5.91 Å². The zero-order valence-electron chi connectivity index (χ0n) is 14.9. The predicted molar refractivity (Wildman–Crippen MR) is 105 cm³/mol. The lowest BCUT2D eigenvalue weighted by Gasteiger charge is -2.09. The quantitative estimate of drug-likeness (QED) is 0.682. The number of aryl methyl sites for hydroxylation is 2. The molecule has 0 saturated carbocycles. The van der Waals surface area contributed by atoms with Crippen LogP contribution in [0.5, 0.6) is 0 Å². The molecule has 7 heteroatoms. The van der Waals surface area contributed by atoms with Crippen LogP contribution in [0.4, 0.5) is 10.1 Å². The number of benzene rings is 2. The van der Waals surface area contributed by atoms with Crippen molar-refractivity contribution in [2.75, 3.05) is 11.1 Å². The average molecular weight is 383 g/mol. The lowest BCUT2D eigenvalue weighted by molar-refractivity contribution is -0.113. The highest BCUT2D eigenvalue weighted by molar-refractivity contribution is 7.99. The second kappa shape index (κ2) is 8.18. The topological polar surface area (TPSA) is 64.0 Å². The Morgan fingerprint density at radius 1 is 1.15 bits per heavy atom. The van der Waals surface area contributed by atoms with E-state index in [1.807, 2.05) is 32.0 Å². The third-order valence-electron chi connectivity index (χ3n) is 4.04. The van der Waals surface area contributed by atoms with E-state index in [4.69, 9.17) is 0 Å². The van der Waals surface area contributed by atoms with E-state index in [2.05, 4.69) is 10.3 Å². The lowest BCUT2D eigenvalue weighted by Crippen LogP contribution is -2.22. The molecule has 0 bridgehead atoms. The molecule has 27 heavy (non-hydrogen) atoms. The number of thioether (sulfide) groups is 1. The van der Waals surface area contributed by atoms with Crippen LogP contribution in [0.1, 0.15) is 11.1 Å². The lowest BCUT2D eigenvalue weighted by atomic mass is 10.1. The van der Waals surface area contributed by atoms with Gasteiger partial charge in [-0.25, -0.2) is 9.37 Å². The second-order valence-corrected chi connectivity index (χ2v) is 6.98. The molecule has 3 aromatic rings. The number of hydrogen-bond donors (Lipinski definition) is 1. The molecule has 2 aromatic carbocycles. The third kappa shape index (κ3) is 4.62. The summed E-state index contributed by atoms with van der Waals surface area (Å²) in [6.45, 7) is 3.98. The summed E-state index contributed by atoms with van der Waals surface area (Å²) in [4.78, 5) is 28.8. The zero-order valence-corrected chi connectivity index (χ0v) is 15.7. The number of rotatable bonds is 5. The minimum atomic E-state index is -0.376. The molecule has 1 heterocycles. The summed E-state index contributed by atoms with van der Waals surface area (Å²) in [5, 5.41) is 3.02. The number of anilines is 1. The fourth-order valence-electron chi connectivity index (χ4n) is 2.45. The Kier molecular flexibility index (Phi) is 5.71. The van der Waals surface area contributed by atoms with Crippen molar-refractivity contribution in [1.82, 2.24) is 9.55 Å². The minimum Gasteiger partial charge on any atom is -0.325 e. The van der Waals surface area contributed by atoms with Crippen LogP contribution in [0.15, 0.2) is 64.7 Å². The Balaban J connectivity index is 1.70. The van der Waals surface area contributed by atoms with E-state index in [1.165, 1.54) is 41.2 Å².